The van der Waals surface area contributed by atoms with E-state index in [0.717, 1.165) is 20.7 Å². The van der Waals surface area contributed by atoms with Gasteiger partial charge in [0.15, 0.2) is 0 Å². The van der Waals surface area contributed by atoms with Gasteiger partial charge in [0.2, 0.25) is 20.0 Å². The van der Waals surface area contributed by atoms with Crippen LogP contribution in [0.2, 0.25) is 5.02 Å². The Balaban J connectivity index is 1.79. The van der Waals surface area contributed by atoms with Crippen LogP contribution in [0.4, 0.5) is 8.78 Å². The molecule has 1 fully saturated rings. The highest BCUT2D eigenvalue weighted by Gasteiger charge is 2.35. The van der Waals surface area contributed by atoms with E-state index in [1.807, 2.05) is 0 Å². The molecule has 11 heteroatoms. The van der Waals surface area contributed by atoms with Crippen molar-refractivity contribution in [1.29, 1.82) is 0 Å². The molecule has 0 aliphatic carbocycles. The summed E-state index contributed by atoms with van der Waals surface area (Å²) in [7, 11) is -8.03. The molecule has 1 aliphatic rings. The van der Waals surface area contributed by atoms with Gasteiger partial charge in [0, 0.05) is 37.3 Å². The normalized spacial score (nSPS) is 17.1. The van der Waals surface area contributed by atoms with Crippen LogP contribution in [0, 0.1) is 11.6 Å². The Kier molecular flexibility index (Phi) is 5.55. The Morgan fingerprint density at radius 1 is 0.815 bits per heavy atom. The maximum absolute atomic E-state index is 13.9. The van der Waals surface area contributed by atoms with Crippen molar-refractivity contribution in [2.24, 2.45) is 0 Å². The molecule has 2 aromatic rings. The van der Waals surface area contributed by atoms with Crippen LogP contribution in [0.1, 0.15) is 0 Å². The molecular formula is C16H15ClF2N2O4S2. The molecule has 0 bridgehead atoms. The molecule has 0 amide bonds. The fraction of sp³-hybridized carbons (Fsp3) is 0.250. The third-order valence-electron chi connectivity index (χ3n) is 4.14. The van der Waals surface area contributed by atoms with Crippen molar-refractivity contribution in [3.8, 4) is 0 Å². The molecule has 0 radical (unpaired) electrons. The van der Waals surface area contributed by atoms with E-state index in [1.165, 1.54) is 18.2 Å². The Labute approximate surface area is 161 Å². The van der Waals surface area contributed by atoms with Crippen molar-refractivity contribution in [2.45, 2.75) is 9.79 Å². The lowest BCUT2D eigenvalue weighted by atomic mass is 10.3. The van der Waals surface area contributed by atoms with E-state index >= 15 is 0 Å². The van der Waals surface area contributed by atoms with Crippen molar-refractivity contribution in [3.63, 3.8) is 0 Å². The van der Waals surface area contributed by atoms with Crippen molar-refractivity contribution < 1.29 is 25.6 Å². The molecule has 0 saturated carbocycles. The predicted octanol–water partition coefficient (Wildman–Crippen LogP) is 2.31. The van der Waals surface area contributed by atoms with Crippen molar-refractivity contribution in [1.82, 2.24) is 8.61 Å². The molecule has 1 aliphatic heterocycles. The number of rotatable bonds is 4. The van der Waals surface area contributed by atoms with Gasteiger partial charge in [-0.3, -0.25) is 0 Å². The minimum absolute atomic E-state index is 0.0101. The lowest BCUT2D eigenvalue weighted by molar-refractivity contribution is 0.272. The summed E-state index contributed by atoms with van der Waals surface area (Å²) in [6.07, 6.45) is 0. The lowest BCUT2D eigenvalue weighted by Crippen LogP contribution is -2.50. The van der Waals surface area contributed by atoms with Gasteiger partial charge in [-0.05, 0) is 30.3 Å². The number of halogens is 3. The van der Waals surface area contributed by atoms with Crippen LogP contribution in [0.15, 0.2) is 52.3 Å². The molecule has 0 N–H and O–H groups in total. The van der Waals surface area contributed by atoms with E-state index < -0.39 is 36.6 Å². The summed E-state index contributed by atoms with van der Waals surface area (Å²) in [5, 5.41) is 0.268. The number of hydrogen-bond donors (Lipinski definition) is 0. The molecule has 3 rings (SSSR count). The predicted molar refractivity (Wildman–Crippen MR) is 95.3 cm³/mol. The molecule has 0 atom stereocenters. The van der Waals surface area contributed by atoms with E-state index in [-0.39, 0.29) is 36.1 Å². The van der Waals surface area contributed by atoms with E-state index in [2.05, 4.69) is 0 Å². The van der Waals surface area contributed by atoms with Gasteiger partial charge in [-0.1, -0.05) is 17.7 Å². The maximum atomic E-state index is 13.9. The van der Waals surface area contributed by atoms with Crippen molar-refractivity contribution in [3.05, 3.63) is 59.1 Å². The third-order valence-corrected chi connectivity index (χ3v) is 8.20. The summed E-state index contributed by atoms with van der Waals surface area (Å²) < 4.78 is 79.5. The second-order valence-corrected chi connectivity index (χ2v) is 10.1. The summed E-state index contributed by atoms with van der Waals surface area (Å²) in [5.74, 6) is -2.08. The van der Waals surface area contributed by atoms with Crippen molar-refractivity contribution >= 4 is 31.6 Å². The number of sulfonamides is 2. The quantitative estimate of drug-likeness (QED) is 0.737. The average Bonchev–Trinajstić information content (AvgIpc) is 2.61. The summed E-state index contributed by atoms with van der Waals surface area (Å²) in [4.78, 5) is -0.633. The number of hydrogen-bond acceptors (Lipinski definition) is 4. The number of piperazine rings is 1. The topological polar surface area (TPSA) is 74.8 Å². The van der Waals surface area contributed by atoms with Gasteiger partial charge in [-0.2, -0.15) is 8.61 Å². The van der Waals surface area contributed by atoms with Crippen LogP contribution >= 0.6 is 11.6 Å². The average molecular weight is 437 g/mol. The molecule has 146 valence electrons. The smallest absolute Gasteiger partial charge is 0.207 e. The maximum Gasteiger partial charge on any atom is 0.246 e. The van der Waals surface area contributed by atoms with Gasteiger partial charge in [0.1, 0.15) is 16.5 Å². The van der Waals surface area contributed by atoms with Gasteiger partial charge in [-0.25, -0.2) is 25.6 Å². The van der Waals surface area contributed by atoms with E-state index in [0.29, 0.717) is 6.07 Å². The monoisotopic (exact) mass is 436 g/mol. The fourth-order valence-corrected chi connectivity index (χ4v) is 5.94. The Morgan fingerprint density at radius 2 is 1.41 bits per heavy atom. The first-order chi connectivity index (χ1) is 12.6. The largest absolute Gasteiger partial charge is 0.246 e. The molecule has 6 nitrogen and oxygen atoms in total. The highest BCUT2D eigenvalue weighted by Crippen LogP contribution is 2.24. The standard InChI is InChI=1S/C16H15ClF2N2O4S2/c17-12-2-1-3-14(10-12)26(22,23)20-6-8-21(9-7-20)27(24,25)16-5-4-13(18)11-15(16)19/h1-5,10-11H,6-9H2. The first kappa shape index (κ1) is 20.2. The lowest BCUT2D eigenvalue weighted by Gasteiger charge is -2.33. The van der Waals surface area contributed by atoms with Gasteiger partial charge in [0.25, 0.3) is 0 Å². The molecule has 1 saturated heterocycles. The second-order valence-electron chi connectivity index (χ2n) is 5.84. The van der Waals surface area contributed by atoms with Gasteiger partial charge in [-0.15, -0.1) is 0 Å². The molecule has 27 heavy (non-hydrogen) atoms. The molecule has 2 aromatic carbocycles. The minimum Gasteiger partial charge on any atom is -0.207 e. The number of nitrogens with zero attached hydrogens (tertiary/aromatic N) is 2. The Morgan fingerprint density at radius 3 is 1.96 bits per heavy atom. The van der Waals surface area contributed by atoms with Crippen LogP contribution in [0.5, 0.6) is 0 Å². The van der Waals surface area contributed by atoms with Crippen LogP contribution < -0.4 is 0 Å². The first-order valence-corrected chi connectivity index (χ1v) is 11.1. The third kappa shape index (κ3) is 3.99. The zero-order valence-electron chi connectivity index (χ0n) is 13.8. The van der Waals surface area contributed by atoms with E-state index in [4.69, 9.17) is 11.6 Å². The van der Waals surface area contributed by atoms with Crippen LogP contribution in [0.3, 0.4) is 0 Å². The molecular weight excluding hydrogens is 422 g/mol. The summed E-state index contributed by atoms with van der Waals surface area (Å²) in [6.45, 7) is -0.508. The summed E-state index contributed by atoms with van der Waals surface area (Å²) in [5.41, 5.74) is 0. The van der Waals surface area contributed by atoms with E-state index in [9.17, 15) is 25.6 Å². The highest BCUT2D eigenvalue weighted by molar-refractivity contribution is 7.89. The second kappa shape index (κ2) is 7.44. The highest BCUT2D eigenvalue weighted by atomic mass is 35.5. The first-order valence-electron chi connectivity index (χ1n) is 7.83. The van der Waals surface area contributed by atoms with Gasteiger partial charge in [0.05, 0.1) is 4.90 Å². The molecule has 1 heterocycles. The zero-order chi connectivity index (χ0) is 19.8. The Bertz CT molecular complexity index is 1070. The van der Waals surface area contributed by atoms with Gasteiger partial charge >= 0.3 is 0 Å². The van der Waals surface area contributed by atoms with Crippen molar-refractivity contribution in [2.75, 3.05) is 26.2 Å². The summed E-state index contributed by atoms with van der Waals surface area (Å²) >= 11 is 5.83. The van der Waals surface area contributed by atoms with E-state index in [1.54, 1.807) is 6.07 Å². The zero-order valence-corrected chi connectivity index (χ0v) is 16.2. The SMILES string of the molecule is O=S(=O)(c1cccc(Cl)c1)N1CCN(S(=O)(=O)c2ccc(F)cc2F)CC1. The minimum atomic E-state index is -4.20. The fourth-order valence-electron chi connectivity index (χ4n) is 2.75. The number of benzene rings is 2. The van der Waals surface area contributed by atoms with Crippen LogP contribution in [0.25, 0.3) is 0 Å². The Hall–Kier alpha value is -1.59. The molecule has 0 unspecified atom stereocenters. The van der Waals surface area contributed by atoms with Gasteiger partial charge < -0.3 is 0 Å². The molecule has 0 aromatic heterocycles. The van der Waals surface area contributed by atoms with Crippen LogP contribution in [-0.4, -0.2) is 51.6 Å². The molecule has 0 spiro atoms. The van der Waals surface area contributed by atoms with Crippen LogP contribution in [-0.2, 0) is 20.0 Å². The summed E-state index contributed by atoms with van der Waals surface area (Å²) in [6, 6.07) is 7.97.